The first-order valence-electron chi connectivity index (χ1n) is 9.35. The van der Waals surface area contributed by atoms with Crippen LogP contribution in [-0.2, 0) is 22.5 Å². The number of likely N-dealkylation sites (tertiary alicyclic amines) is 1. The molecule has 0 aliphatic carbocycles. The lowest BCUT2D eigenvalue weighted by Gasteiger charge is -2.45. The second kappa shape index (κ2) is 9.07. The summed E-state index contributed by atoms with van der Waals surface area (Å²) in [6.07, 6.45) is 3.11. The molecule has 3 heterocycles. The summed E-state index contributed by atoms with van der Waals surface area (Å²) in [7, 11) is 0. The molecule has 1 aromatic rings. The number of carbonyl (C=O) groups is 1. The summed E-state index contributed by atoms with van der Waals surface area (Å²) in [5, 5.41) is 12.5. The predicted octanol–water partition coefficient (Wildman–Crippen LogP) is 2.09. The molecule has 0 radical (unpaired) electrons. The summed E-state index contributed by atoms with van der Waals surface area (Å²) in [5.74, 6) is -0.280. The lowest BCUT2D eigenvalue weighted by Crippen LogP contribution is -2.53. The molecular weight excluding hydrogens is 338 g/mol. The maximum atomic E-state index is 11.1. The molecule has 2 aliphatic rings. The number of hydrogen-bond acceptors (Lipinski definition) is 6. The van der Waals surface area contributed by atoms with Crippen molar-refractivity contribution in [1.29, 1.82) is 0 Å². The van der Waals surface area contributed by atoms with E-state index in [2.05, 4.69) is 27.1 Å². The van der Waals surface area contributed by atoms with Crippen molar-refractivity contribution in [2.45, 2.75) is 45.2 Å². The van der Waals surface area contributed by atoms with Crippen LogP contribution in [0.5, 0.6) is 0 Å². The van der Waals surface area contributed by atoms with E-state index in [1.54, 1.807) is 11.3 Å². The van der Waals surface area contributed by atoms with E-state index < -0.39 is 5.97 Å². The van der Waals surface area contributed by atoms with Gasteiger partial charge in [-0.3, -0.25) is 14.6 Å². The van der Waals surface area contributed by atoms with Gasteiger partial charge in [0.15, 0.2) is 0 Å². The molecule has 2 saturated heterocycles. The fraction of sp³-hybridized carbons (Fsp3) is 0.778. The third-order valence-electron chi connectivity index (χ3n) is 5.31. The van der Waals surface area contributed by atoms with Gasteiger partial charge in [-0.1, -0.05) is 6.92 Å². The molecule has 25 heavy (non-hydrogen) atoms. The first-order chi connectivity index (χ1) is 12.2. The predicted molar refractivity (Wildman–Crippen MR) is 97.9 cm³/mol. The van der Waals surface area contributed by atoms with E-state index in [0.717, 1.165) is 70.9 Å². The molecule has 3 rings (SSSR count). The fourth-order valence-corrected chi connectivity index (χ4v) is 4.77. The molecule has 1 N–H and O–H groups in total. The van der Waals surface area contributed by atoms with Crippen LogP contribution >= 0.6 is 11.3 Å². The number of rotatable bonds is 7. The fourth-order valence-electron chi connectivity index (χ4n) is 4.03. The molecule has 0 unspecified atom stereocenters. The smallest absolute Gasteiger partial charge is 0.303 e. The lowest BCUT2D eigenvalue weighted by atomic mass is 9.86. The monoisotopic (exact) mass is 367 g/mol. The Morgan fingerprint density at radius 2 is 2.20 bits per heavy atom. The van der Waals surface area contributed by atoms with E-state index in [4.69, 9.17) is 9.84 Å². The summed E-state index contributed by atoms with van der Waals surface area (Å²) in [5.41, 5.74) is 1.16. The SMILES string of the molecule is CCc1nc(CN2CC[C@H](N3CCOCC3)[C@H](CCC(=O)O)C2)cs1. The highest BCUT2D eigenvalue weighted by atomic mass is 32.1. The Labute approximate surface area is 153 Å². The van der Waals surface area contributed by atoms with Crippen molar-refractivity contribution in [3.63, 3.8) is 0 Å². The Kier molecular flexibility index (Phi) is 6.81. The van der Waals surface area contributed by atoms with Crippen molar-refractivity contribution in [3.8, 4) is 0 Å². The van der Waals surface area contributed by atoms with Crippen molar-refractivity contribution in [2.24, 2.45) is 5.92 Å². The van der Waals surface area contributed by atoms with Crippen LogP contribution in [0.2, 0.25) is 0 Å². The Balaban J connectivity index is 1.61. The standard InChI is InChI=1S/C18H29N3O3S/c1-2-17-19-15(13-25-17)12-20-6-5-16(21-7-9-24-10-8-21)14(11-20)3-4-18(22)23/h13-14,16H,2-12H2,1H3,(H,22,23)/t14-,16+/m1/s1. The van der Waals surface area contributed by atoms with Gasteiger partial charge in [0.25, 0.3) is 0 Å². The largest absolute Gasteiger partial charge is 0.481 e. The average molecular weight is 368 g/mol. The molecule has 140 valence electrons. The summed E-state index contributed by atoms with van der Waals surface area (Å²) in [6.45, 7) is 8.59. The summed E-state index contributed by atoms with van der Waals surface area (Å²) in [6, 6.07) is 0.487. The van der Waals surface area contributed by atoms with Crippen LogP contribution in [0.1, 0.15) is 36.9 Å². The average Bonchev–Trinajstić information content (AvgIpc) is 3.08. The zero-order valence-electron chi connectivity index (χ0n) is 15.0. The molecule has 0 saturated carbocycles. The first kappa shape index (κ1) is 18.8. The van der Waals surface area contributed by atoms with Crippen LogP contribution in [-0.4, -0.2) is 71.3 Å². The number of aliphatic carboxylic acids is 1. The van der Waals surface area contributed by atoms with Crippen molar-refractivity contribution in [1.82, 2.24) is 14.8 Å². The summed E-state index contributed by atoms with van der Waals surface area (Å²) in [4.78, 5) is 20.7. The Bertz CT molecular complexity index is 560. The van der Waals surface area contributed by atoms with Gasteiger partial charge in [-0.15, -0.1) is 11.3 Å². The van der Waals surface area contributed by atoms with Crippen LogP contribution in [0.25, 0.3) is 0 Å². The van der Waals surface area contributed by atoms with E-state index in [1.165, 1.54) is 5.01 Å². The number of thiazole rings is 1. The molecule has 2 fully saturated rings. The minimum Gasteiger partial charge on any atom is -0.481 e. The molecule has 2 aliphatic heterocycles. The zero-order chi connectivity index (χ0) is 17.6. The molecule has 0 spiro atoms. The Hall–Kier alpha value is -1.02. The number of hydrogen-bond donors (Lipinski definition) is 1. The molecule has 7 heteroatoms. The van der Waals surface area contributed by atoms with Crippen molar-refractivity contribution in [3.05, 3.63) is 16.1 Å². The second-order valence-electron chi connectivity index (χ2n) is 7.02. The highest BCUT2D eigenvalue weighted by Crippen LogP contribution is 2.28. The normalized spacial score (nSPS) is 26.0. The topological polar surface area (TPSA) is 65.9 Å². The van der Waals surface area contributed by atoms with Crippen LogP contribution in [0.4, 0.5) is 0 Å². The van der Waals surface area contributed by atoms with Crippen LogP contribution in [0, 0.1) is 5.92 Å². The maximum Gasteiger partial charge on any atom is 0.303 e. The van der Waals surface area contributed by atoms with Gasteiger partial charge in [0.1, 0.15) is 0 Å². The Morgan fingerprint density at radius 3 is 2.88 bits per heavy atom. The number of carboxylic acid groups (broad SMARTS) is 1. The molecule has 1 aromatic heterocycles. The van der Waals surface area contributed by atoms with Gasteiger partial charge in [-0.25, -0.2) is 4.98 Å². The molecule has 0 aromatic carbocycles. The number of nitrogens with zero attached hydrogens (tertiary/aromatic N) is 3. The van der Waals surface area contributed by atoms with Crippen LogP contribution in [0.15, 0.2) is 5.38 Å². The van der Waals surface area contributed by atoms with Crippen molar-refractivity contribution < 1.29 is 14.6 Å². The quantitative estimate of drug-likeness (QED) is 0.796. The van der Waals surface area contributed by atoms with E-state index in [-0.39, 0.29) is 6.42 Å². The van der Waals surface area contributed by atoms with Gasteiger partial charge in [-0.05, 0) is 25.2 Å². The molecular formula is C18H29N3O3S. The minimum atomic E-state index is -0.690. The van der Waals surface area contributed by atoms with Gasteiger partial charge in [0.2, 0.25) is 0 Å². The first-order valence-corrected chi connectivity index (χ1v) is 10.2. The van der Waals surface area contributed by atoms with E-state index >= 15 is 0 Å². The number of piperidine rings is 1. The van der Waals surface area contributed by atoms with E-state index in [9.17, 15) is 4.79 Å². The van der Waals surface area contributed by atoms with Crippen molar-refractivity contribution >= 4 is 17.3 Å². The Morgan fingerprint density at radius 1 is 1.40 bits per heavy atom. The van der Waals surface area contributed by atoms with E-state index in [0.29, 0.717) is 12.0 Å². The van der Waals surface area contributed by atoms with Gasteiger partial charge < -0.3 is 9.84 Å². The number of carboxylic acids is 1. The summed E-state index contributed by atoms with van der Waals surface area (Å²) < 4.78 is 5.48. The number of morpholine rings is 1. The van der Waals surface area contributed by atoms with Crippen LogP contribution < -0.4 is 0 Å². The molecule has 6 nitrogen and oxygen atoms in total. The molecule has 2 atom stereocenters. The molecule has 0 amide bonds. The van der Waals surface area contributed by atoms with Gasteiger partial charge >= 0.3 is 5.97 Å². The lowest BCUT2D eigenvalue weighted by molar-refractivity contribution is -0.137. The van der Waals surface area contributed by atoms with Gasteiger partial charge in [0, 0.05) is 50.6 Å². The van der Waals surface area contributed by atoms with Gasteiger partial charge in [0.05, 0.1) is 23.9 Å². The number of aromatic nitrogens is 1. The molecule has 0 bridgehead atoms. The van der Waals surface area contributed by atoms with Crippen molar-refractivity contribution in [2.75, 3.05) is 39.4 Å². The number of aryl methyl sites for hydroxylation is 1. The van der Waals surface area contributed by atoms with Crippen LogP contribution in [0.3, 0.4) is 0 Å². The second-order valence-corrected chi connectivity index (χ2v) is 7.96. The zero-order valence-corrected chi connectivity index (χ0v) is 15.8. The highest BCUT2D eigenvalue weighted by Gasteiger charge is 2.34. The van der Waals surface area contributed by atoms with Gasteiger partial charge in [-0.2, -0.15) is 0 Å². The third kappa shape index (κ3) is 5.23. The minimum absolute atomic E-state index is 0.260. The third-order valence-corrected chi connectivity index (χ3v) is 6.35. The van der Waals surface area contributed by atoms with E-state index in [1.807, 2.05) is 0 Å². The summed E-state index contributed by atoms with van der Waals surface area (Å²) >= 11 is 1.74. The highest BCUT2D eigenvalue weighted by molar-refractivity contribution is 7.09. The maximum absolute atomic E-state index is 11.1. The number of ether oxygens (including phenoxy) is 1.